The summed E-state index contributed by atoms with van der Waals surface area (Å²) in [6.45, 7) is 26.0. The van der Waals surface area contributed by atoms with E-state index in [-0.39, 0.29) is 21.7 Å². The Morgan fingerprint density at radius 3 is 1.32 bits per heavy atom. The molecule has 0 aliphatic carbocycles. The van der Waals surface area contributed by atoms with E-state index in [0.29, 0.717) is 17.1 Å². The number of alkyl halides is 3. The Bertz CT molecular complexity index is 2310. The molecule has 1 aliphatic rings. The fraction of sp³-hybridized carbons (Fsp3) is 0.340. The quantitative estimate of drug-likeness (QED) is 0.152. The molecule has 0 atom stereocenters. The van der Waals surface area contributed by atoms with E-state index in [1.54, 1.807) is 0 Å². The van der Waals surface area contributed by atoms with Gasteiger partial charge < -0.3 is 9.13 Å². The van der Waals surface area contributed by atoms with Gasteiger partial charge in [-0.3, -0.25) is 0 Å². The van der Waals surface area contributed by atoms with Gasteiger partial charge in [-0.15, -0.1) is 13.2 Å². The summed E-state index contributed by atoms with van der Waals surface area (Å²) in [5, 5.41) is 0. The SMILES string of the molecule is CC(C)(C)c1ccc(C2=CC(c3ccc(C(C)(C)C)cc3)=N/C2=C\c2c(-c3ccc(C(C)(C)C)cc3)cc(-c3ccc(C(C)(C)C)cc3)n2[B]OC(F)(F)F)cc1. The van der Waals surface area contributed by atoms with Crippen LogP contribution in [0.2, 0.25) is 0 Å². The van der Waals surface area contributed by atoms with Crippen molar-refractivity contribution in [2.75, 3.05) is 0 Å². The molecule has 0 amide bonds. The average Bonchev–Trinajstić information content (AvgIpc) is 3.71. The number of nitrogens with zero attached hydrogens (tertiary/aromatic N) is 2. The molecular weight excluding hydrogens is 712 g/mol. The van der Waals surface area contributed by atoms with Crippen LogP contribution in [0.4, 0.5) is 13.2 Å². The van der Waals surface area contributed by atoms with Crippen molar-refractivity contribution in [3.05, 3.63) is 154 Å². The molecule has 1 aliphatic heterocycles. The highest BCUT2D eigenvalue weighted by Gasteiger charge is 2.32. The van der Waals surface area contributed by atoms with E-state index in [9.17, 15) is 13.2 Å². The highest BCUT2D eigenvalue weighted by Crippen LogP contribution is 2.40. The number of aromatic nitrogens is 1. The number of benzene rings is 4. The van der Waals surface area contributed by atoms with Crippen LogP contribution in [0, 0.1) is 0 Å². The fourth-order valence-corrected chi connectivity index (χ4v) is 7.00. The zero-order valence-electron chi connectivity index (χ0n) is 35.5. The van der Waals surface area contributed by atoms with E-state index in [2.05, 4.69) is 154 Å². The third-order valence-electron chi connectivity index (χ3n) is 10.7. The second kappa shape index (κ2) is 15.1. The predicted molar refractivity (Wildman–Crippen MR) is 234 cm³/mol. The first-order valence-electron chi connectivity index (χ1n) is 19.7. The molecule has 0 fully saturated rings. The first-order valence-corrected chi connectivity index (χ1v) is 19.7. The maximum Gasteiger partial charge on any atom is 0.509 e. The summed E-state index contributed by atoms with van der Waals surface area (Å²) < 4.78 is 47.8. The molecule has 1 radical (unpaired) electrons. The maximum absolute atomic E-state index is 13.9. The normalized spacial score (nSPS) is 14.9. The number of allylic oxidation sites excluding steroid dienone is 2. The first kappa shape index (κ1) is 41.8. The van der Waals surface area contributed by atoms with Gasteiger partial charge in [0.1, 0.15) is 0 Å². The maximum atomic E-state index is 13.9. The van der Waals surface area contributed by atoms with Crippen LogP contribution in [-0.2, 0) is 26.3 Å². The third kappa shape index (κ3) is 9.64. The number of rotatable bonds is 7. The van der Waals surface area contributed by atoms with Gasteiger partial charge in [-0.2, -0.15) is 0 Å². The van der Waals surface area contributed by atoms with Gasteiger partial charge in [-0.25, -0.2) is 4.99 Å². The topological polar surface area (TPSA) is 26.5 Å². The Morgan fingerprint density at radius 1 is 0.526 bits per heavy atom. The molecule has 0 saturated heterocycles. The zero-order chi connectivity index (χ0) is 41.7. The summed E-state index contributed by atoms with van der Waals surface area (Å²) >= 11 is 0. The van der Waals surface area contributed by atoms with E-state index in [4.69, 9.17) is 4.99 Å². The van der Waals surface area contributed by atoms with E-state index in [1.165, 1.54) is 15.6 Å². The zero-order valence-corrected chi connectivity index (χ0v) is 35.5. The van der Waals surface area contributed by atoms with Crippen LogP contribution in [0.15, 0.2) is 120 Å². The van der Waals surface area contributed by atoms with Crippen molar-refractivity contribution in [1.29, 1.82) is 0 Å². The van der Waals surface area contributed by atoms with Gasteiger partial charge in [0.2, 0.25) is 0 Å². The van der Waals surface area contributed by atoms with Crippen molar-refractivity contribution < 1.29 is 17.8 Å². The summed E-state index contributed by atoms with van der Waals surface area (Å²) in [5.74, 6) is 0. The molecular formula is C50H55BF3N2O. The van der Waals surface area contributed by atoms with Crippen molar-refractivity contribution in [3.63, 3.8) is 0 Å². The van der Waals surface area contributed by atoms with Crippen molar-refractivity contribution >= 4 is 25.0 Å². The molecule has 7 heteroatoms. The minimum Gasteiger partial charge on any atom is -0.362 e. The summed E-state index contributed by atoms with van der Waals surface area (Å²) in [6.07, 6.45) is -0.915. The average molecular weight is 768 g/mol. The highest BCUT2D eigenvalue weighted by atomic mass is 19.4. The van der Waals surface area contributed by atoms with Crippen molar-refractivity contribution in [3.8, 4) is 22.4 Å². The van der Waals surface area contributed by atoms with Gasteiger partial charge in [0.25, 0.3) is 0 Å². The molecule has 2 heterocycles. The molecule has 0 saturated carbocycles. The number of halogens is 3. The number of aliphatic imine (C=N–C) groups is 1. The minimum atomic E-state index is -4.89. The first-order chi connectivity index (χ1) is 26.4. The largest absolute Gasteiger partial charge is 0.509 e. The van der Waals surface area contributed by atoms with Crippen LogP contribution in [0.3, 0.4) is 0 Å². The van der Waals surface area contributed by atoms with Crippen LogP contribution in [0.1, 0.15) is 122 Å². The molecule has 0 spiro atoms. The molecule has 5 aromatic rings. The summed E-state index contributed by atoms with van der Waals surface area (Å²) in [7, 11) is 0.777. The van der Waals surface area contributed by atoms with Gasteiger partial charge >= 0.3 is 14.0 Å². The van der Waals surface area contributed by atoms with Gasteiger partial charge in [-0.05, 0) is 78.8 Å². The monoisotopic (exact) mass is 767 g/mol. The number of hydrogen-bond acceptors (Lipinski definition) is 2. The highest BCUT2D eigenvalue weighted by molar-refractivity contribution is 6.28. The minimum absolute atomic E-state index is 0.0104. The van der Waals surface area contributed by atoms with E-state index >= 15 is 0 Å². The van der Waals surface area contributed by atoms with Crippen LogP contribution < -0.4 is 0 Å². The molecule has 3 nitrogen and oxygen atoms in total. The Balaban J connectivity index is 1.61. The predicted octanol–water partition coefficient (Wildman–Crippen LogP) is 13.9. The molecule has 0 bridgehead atoms. The fourth-order valence-electron chi connectivity index (χ4n) is 7.00. The molecule has 0 N–H and O–H groups in total. The Morgan fingerprint density at radius 2 is 0.912 bits per heavy atom. The summed E-state index contributed by atoms with van der Waals surface area (Å²) in [6, 6.07) is 35.2. The summed E-state index contributed by atoms with van der Waals surface area (Å²) in [4.78, 5) is 5.22. The second-order valence-electron chi connectivity index (χ2n) is 19.3. The molecule has 57 heavy (non-hydrogen) atoms. The lowest BCUT2D eigenvalue weighted by molar-refractivity contribution is -0.276. The second-order valence-corrected chi connectivity index (χ2v) is 19.3. The van der Waals surface area contributed by atoms with E-state index in [1.807, 2.05) is 48.5 Å². The standard InChI is InChI=1S/C50H55BF3N2O/c1-46(2,3)36-21-13-32(14-22-36)40-29-42(34-17-25-38(26-18-34)48(7,8)9)55-43(40)31-45-41(33-15-23-37(24-16-33)47(4,5)6)30-44(56(45)51-57-50(52,53)54)35-19-27-39(28-20-35)49(10,11)12/h13-31H,1-12H3/b43-31-. The molecule has 295 valence electrons. The third-order valence-corrected chi connectivity index (χ3v) is 10.7. The van der Waals surface area contributed by atoms with Gasteiger partial charge in [0.15, 0.2) is 0 Å². The molecule has 1 aromatic heterocycles. The lowest BCUT2D eigenvalue weighted by Gasteiger charge is -2.20. The van der Waals surface area contributed by atoms with E-state index in [0.717, 1.165) is 57.8 Å². The van der Waals surface area contributed by atoms with E-state index < -0.39 is 6.36 Å². The van der Waals surface area contributed by atoms with Crippen molar-refractivity contribution in [1.82, 2.24) is 4.48 Å². The molecule has 4 aromatic carbocycles. The van der Waals surface area contributed by atoms with Crippen molar-refractivity contribution in [2.45, 2.75) is 111 Å². The van der Waals surface area contributed by atoms with Crippen LogP contribution in [0.25, 0.3) is 34.0 Å². The summed E-state index contributed by atoms with van der Waals surface area (Å²) in [5.41, 5.74) is 12.1. The van der Waals surface area contributed by atoms with Crippen LogP contribution in [0.5, 0.6) is 0 Å². The lowest BCUT2D eigenvalue weighted by atomic mass is 9.85. The van der Waals surface area contributed by atoms with Gasteiger partial charge in [0, 0.05) is 28.1 Å². The Kier molecular flexibility index (Phi) is 11.1. The van der Waals surface area contributed by atoms with Crippen LogP contribution in [-0.4, -0.2) is 24.2 Å². The Labute approximate surface area is 338 Å². The lowest BCUT2D eigenvalue weighted by Crippen LogP contribution is -2.23. The molecule has 6 rings (SSSR count). The van der Waals surface area contributed by atoms with Gasteiger partial charge in [0.05, 0.1) is 11.4 Å². The number of hydrogen-bond donors (Lipinski definition) is 0. The van der Waals surface area contributed by atoms with Crippen molar-refractivity contribution in [2.24, 2.45) is 4.99 Å². The van der Waals surface area contributed by atoms with Gasteiger partial charge in [-0.1, -0.05) is 180 Å². The molecule has 0 unspecified atom stereocenters. The smallest absolute Gasteiger partial charge is 0.362 e. The van der Waals surface area contributed by atoms with Crippen LogP contribution >= 0.6 is 0 Å². The Hall–Kier alpha value is -4.88.